The summed E-state index contributed by atoms with van der Waals surface area (Å²) in [7, 11) is -3.83. The molecule has 28 heavy (non-hydrogen) atoms. The van der Waals surface area contributed by atoms with E-state index in [0.29, 0.717) is 11.5 Å². The van der Waals surface area contributed by atoms with Crippen LogP contribution in [0.5, 0.6) is 0 Å². The van der Waals surface area contributed by atoms with E-state index in [9.17, 15) is 18.0 Å². The molecule has 0 heterocycles. The third kappa shape index (κ3) is 5.74. The molecule has 0 atom stereocenters. The van der Waals surface area contributed by atoms with Gasteiger partial charge in [0.15, 0.2) is 12.4 Å². The van der Waals surface area contributed by atoms with Gasteiger partial charge in [-0.1, -0.05) is 44.2 Å². The molecule has 0 saturated heterocycles. The van der Waals surface area contributed by atoms with E-state index in [4.69, 9.17) is 4.74 Å². The molecular weight excluding hydrogens is 378 g/mol. The molecule has 0 spiro atoms. The minimum atomic E-state index is -3.83. The molecule has 0 fully saturated rings. The standard InChI is InChI=1S/C21H25NO5S/c1-14(2)17-6-8-18(9-7-17)20(23)13-27-21(24)12-22-28(25,26)19-10-5-15(3)16(4)11-19/h5-11,14,22H,12-13H2,1-4H3. The van der Waals surface area contributed by atoms with Gasteiger partial charge in [0, 0.05) is 5.56 Å². The van der Waals surface area contributed by atoms with Crippen molar-refractivity contribution in [3.05, 3.63) is 64.7 Å². The van der Waals surface area contributed by atoms with Crippen LogP contribution in [0.4, 0.5) is 0 Å². The molecule has 0 bridgehead atoms. The molecule has 0 amide bonds. The normalized spacial score (nSPS) is 11.5. The lowest BCUT2D eigenvalue weighted by molar-refractivity contribution is -0.141. The van der Waals surface area contributed by atoms with Crippen LogP contribution in [0.15, 0.2) is 47.4 Å². The average Bonchev–Trinajstić information content (AvgIpc) is 2.66. The van der Waals surface area contributed by atoms with Crippen molar-refractivity contribution in [2.24, 2.45) is 0 Å². The number of hydrogen-bond donors (Lipinski definition) is 1. The first-order valence-electron chi connectivity index (χ1n) is 8.96. The fourth-order valence-corrected chi connectivity index (χ4v) is 3.51. The molecule has 2 aromatic rings. The van der Waals surface area contributed by atoms with Crippen molar-refractivity contribution in [1.29, 1.82) is 0 Å². The number of sulfonamides is 1. The lowest BCUT2D eigenvalue weighted by atomic mass is 10.0. The number of aryl methyl sites for hydroxylation is 2. The molecule has 150 valence electrons. The second kappa shape index (κ2) is 9.12. The van der Waals surface area contributed by atoms with Crippen molar-refractivity contribution in [2.75, 3.05) is 13.2 Å². The number of rotatable bonds is 8. The van der Waals surface area contributed by atoms with E-state index < -0.39 is 29.1 Å². The highest BCUT2D eigenvalue weighted by Crippen LogP contribution is 2.15. The lowest BCUT2D eigenvalue weighted by Gasteiger charge is -2.09. The molecule has 0 saturated carbocycles. The van der Waals surface area contributed by atoms with Crippen LogP contribution >= 0.6 is 0 Å². The Morgan fingerprint density at radius 3 is 2.21 bits per heavy atom. The first-order valence-corrected chi connectivity index (χ1v) is 10.4. The van der Waals surface area contributed by atoms with Crippen molar-refractivity contribution >= 4 is 21.8 Å². The van der Waals surface area contributed by atoms with Crippen LogP contribution in [0.2, 0.25) is 0 Å². The molecule has 0 unspecified atom stereocenters. The van der Waals surface area contributed by atoms with Gasteiger partial charge in [0.1, 0.15) is 6.54 Å². The van der Waals surface area contributed by atoms with E-state index in [0.717, 1.165) is 16.7 Å². The molecule has 0 aliphatic rings. The maximum Gasteiger partial charge on any atom is 0.321 e. The zero-order valence-electron chi connectivity index (χ0n) is 16.5. The predicted molar refractivity (Wildman–Crippen MR) is 107 cm³/mol. The molecular formula is C21H25NO5S. The highest BCUT2D eigenvalue weighted by molar-refractivity contribution is 7.89. The van der Waals surface area contributed by atoms with Gasteiger partial charge in [0.25, 0.3) is 0 Å². The number of ether oxygens (including phenoxy) is 1. The molecule has 1 N–H and O–H groups in total. The number of carbonyl (C=O) groups is 2. The Bertz CT molecular complexity index is 963. The molecule has 7 heteroatoms. The van der Waals surface area contributed by atoms with E-state index in [-0.39, 0.29) is 10.7 Å². The summed E-state index contributed by atoms with van der Waals surface area (Å²) in [5.74, 6) is -0.812. The van der Waals surface area contributed by atoms with Gasteiger partial charge in [-0.05, 0) is 48.6 Å². The molecule has 0 radical (unpaired) electrons. The van der Waals surface area contributed by atoms with Crippen LogP contribution in [-0.4, -0.2) is 33.3 Å². The van der Waals surface area contributed by atoms with Gasteiger partial charge >= 0.3 is 5.97 Å². The van der Waals surface area contributed by atoms with Gasteiger partial charge in [-0.25, -0.2) is 8.42 Å². The summed E-state index contributed by atoms with van der Waals surface area (Å²) < 4.78 is 31.6. The third-order valence-electron chi connectivity index (χ3n) is 4.46. The average molecular weight is 404 g/mol. The summed E-state index contributed by atoms with van der Waals surface area (Å²) in [5.41, 5.74) is 3.35. The first-order chi connectivity index (χ1) is 13.1. The molecule has 2 aromatic carbocycles. The zero-order valence-corrected chi connectivity index (χ0v) is 17.3. The second-order valence-corrected chi connectivity index (χ2v) is 8.70. The van der Waals surface area contributed by atoms with E-state index in [1.807, 2.05) is 26.0 Å². The molecule has 0 aliphatic heterocycles. The van der Waals surface area contributed by atoms with Gasteiger partial charge in [0.05, 0.1) is 4.90 Å². The predicted octanol–water partition coefficient (Wildman–Crippen LogP) is 3.13. The van der Waals surface area contributed by atoms with Gasteiger partial charge < -0.3 is 4.74 Å². The topological polar surface area (TPSA) is 89.5 Å². The van der Waals surface area contributed by atoms with Crippen molar-refractivity contribution in [3.63, 3.8) is 0 Å². The van der Waals surface area contributed by atoms with Crippen LogP contribution in [0, 0.1) is 13.8 Å². The van der Waals surface area contributed by atoms with Gasteiger partial charge in [-0.2, -0.15) is 4.72 Å². The van der Waals surface area contributed by atoms with E-state index in [1.165, 1.54) is 12.1 Å². The van der Waals surface area contributed by atoms with Crippen molar-refractivity contribution < 1.29 is 22.7 Å². The van der Waals surface area contributed by atoms with Crippen LogP contribution in [-0.2, 0) is 19.6 Å². The van der Waals surface area contributed by atoms with Gasteiger partial charge in [-0.15, -0.1) is 0 Å². The monoisotopic (exact) mass is 403 g/mol. The number of carbonyl (C=O) groups excluding carboxylic acids is 2. The van der Waals surface area contributed by atoms with Crippen LogP contribution in [0.3, 0.4) is 0 Å². The highest BCUT2D eigenvalue weighted by atomic mass is 32.2. The highest BCUT2D eigenvalue weighted by Gasteiger charge is 2.17. The van der Waals surface area contributed by atoms with Gasteiger partial charge in [0.2, 0.25) is 10.0 Å². The number of benzene rings is 2. The number of Topliss-reactive ketones (excluding diaryl/α,β-unsaturated/α-hetero) is 1. The number of esters is 1. The van der Waals surface area contributed by atoms with Crippen molar-refractivity contribution in [2.45, 2.75) is 38.5 Å². The summed E-state index contributed by atoms with van der Waals surface area (Å²) in [6.07, 6.45) is 0. The van der Waals surface area contributed by atoms with Crippen LogP contribution in [0.25, 0.3) is 0 Å². The Morgan fingerprint density at radius 1 is 1.00 bits per heavy atom. The van der Waals surface area contributed by atoms with Crippen LogP contribution < -0.4 is 4.72 Å². The smallest absolute Gasteiger partial charge is 0.321 e. The van der Waals surface area contributed by atoms with E-state index in [2.05, 4.69) is 18.6 Å². The summed E-state index contributed by atoms with van der Waals surface area (Å²) in [6.45, 7) is 6.81. The quantitative estimate of drug-likeness (QED) is 0.540. The summed E-state index contributed by atoms with van der Waals surface area (Å²) in [6, 6.07) is 11.8. The summed E-state index contributed by atoms with van der Waals surface area (Å²) in [5, 5.41) is 0. The molecule has 0 aliphatic carbocycles. The summed E-state index contributed by atoms with van der Waals surface area (Å²) >= 11 is 0. The Morgan fingerprint density at radius 2 is 1.64 bits per heavy atom. The molecule has 6 nitrogen and oxygen atoms in total. The van der Waals surface area contributed by atoms with E-state index in [1.54, 1.807) is 18.2 Å². The Kier molecular flexibility index (Phi) is 7.10. The molecule has 0 aromatic heterocycles. The fraction of sp³-hybridized carbons (Fsp3) is 0.333. The van der Waals surface area contributed by atoms with Crippen molar-refractivity contribution in [1.82, 2.24) is 4.72 Å². The molecule has 2 rings (SSSR count). The van der Waals surface area contributed by atoms with Crippen molar-refractivity contribution in [3.8, 4) is 0 Å². The Labute approximate surface area is 166 Å². The first kappa shape index (κ1) is 21.8. The third-order valence-corrected chi connectivity index (χ3v) is 5.86. The number of ketones is 1. The Hall–Kier alpha value is -2.51. The SMILES string of the molecule is Cc1ccc(S(=O)(=O)NCC(=O)OCC(=O)c2ccc(C(C)C)cc2)cc1C. The zero-order chi connectivity index (χ0) is 20.9. The minimum absolute atomic E-state index is 0.0738. The Balaban J connectivity index is 1.88. The maximum absolute atomic E-state index is 12.3. The second-order valence-electron chi connectivity index (χ2n) is 6.93. The minimum Gasteiger partial charge on any atom is -0.456 e. The summed E-state index contributed by atoms with van der Waals surface area (Å²) in [4.78, 5) is 24.0. The fourth-order valence-electron chi connectivity index (χ4n) is 2.45. The maximum atomic E-state index is 12.3. The number of hydrogen-bond acceptors (Lipinski definition) is 5. The van der Waals surface area contributed by atoms with Crippen LogP contribution in [0.1, 0.15) is 46.8 Å². The lowest BCUT2D eigenvalue weighted by Crippen LogP contribution is -2.31. The number of nitrogens with one attached hydrogen (secondary N) is 1. The van der Waals surface area contributed by atoms with E-state index >= 15 is 0 Å². The van der Waals surface area contributed by atoms with Gasteiger partial charge in [-0.3, -0.25) is 9.59 Å². The largest absolute Gasteiger partial charge is 0.456 e.